The molecule has 3 aromatic rings. The minimum absolute atomic E-state index is 0.114. The van der Waals surface area contributed by atoms with Gasteiger partial charge in [0, 0.05) is 36.0 Å². The van der Waals surface area contributed by atoms with Crippen LogP contribution in [0.5, 0.6) is 5.75 Å². The van der Waals surface area contributed by atoms with Crippen molar-refractivity contribution in [3.05, 3.63) is 54.7 Å². The van der Waals surface area contributed by atoms with E-state index in [-0.39, 0.29) is 6.10 Å². The van der Waals surface area contributed by atoms with Gasteiger partial charge in [-0.05, 0) is 49.4 Å². The predicted octanol–water partition coefficient (Wildman–Crippen LogP) is 3.35. The van der Waals surface area contributed by atoms with Gasteiger partial charge in [-0.1, -0.05) is 6.07 Å². The number of anilines is 4. The Labute approximate surface area is 192 Å². The summed E-state index contributed by atoms with van der Waals surface area (Å²) in [5.41, 5.74) is 9.58. The van der Waals surface area contributed by atoms with Gasteiger partial charge in [-0.25, -0.2) is 9.97 Å². The molecule has 1 amide bonds. The summed E-state index contributed by atoms with van der Waals surface area (Å²) >= 11 is 0. The summed E-state index contributed by atoms with van der Waals surface area (Å²) in [4.78, 5) is 20.6. The Hall–Kier alpha value is -3.69. The number of nitrogens with zero attached hydrogens (tertiary/aromatic N) is 2. The molecule has 1 saturated heterocycles. The van der Waals surface area contributed by atoms with Gasteiger partial charge in [-0.2, -0.15) is 0 Å². The average Bonchev–Trinajstić information content (AvgIpc) is 2.81. The number of carbonyl (C=O) groups excluding carboxylic acids is 1. The summed E-state index contributed by atoms with van der Waals surface area (Å²) in [6.07, 6.45) is 2.38. The van der Waals surface area contributed by atoms with E-state index in [4.69, 9.17) is 15.2 Å². The Bertz CT molecular complexity index is 1120. The molecule has 0 radical (unpaired) electrons. The van der Waals surface area contributed by atoms with Gasteiger partial charge >= 0.3 is 0 Å². The molecule has 2 heterocycles. The number of aromatic nitrogens is 2. The molecular weight excluding hydrogens is 422 g/mol. The number of nitrogen functional groups attached to an aromatic ring is 1. The summed E-state index contributed by atoms with van der Waals surface area (Å²) in [6, 6.07) is 14.5. The Kier molecular flexibility index (Phi) is 7.01. The van der Waals surface area contributed by atoms with Crippen molar-refractivity contribution in [2.45, 2.75) is 32.0 Å². The first-order valence-corrected chi connectivity index (χ1v) is 10.8. The molecule has 0 spiro atoms. The van der Waals surface area contributed by atoms with Crippen molar-refractivity contribution < 1.29 is 19.4 Å². The first-order valence-electron chi connectivity index (χ1n) is 10.8. The predicted molar refractivity (Wildman–Crippen MR) is 126 cm³/mol. The van der Waals surface area contributed by atoms with Gasteiger partial charge in [0.15, 0.2) is 0 Å². The highest BCUT2D eigenvalue weighted by Crippen LogP contribution is 2.30. The van der Waals surface area contributed by atoms with Crippen LogP contribution in [0.2, 0.25) is 0 Å². The molecule has 1 aromatic heterocycles. The fraction of sp³-hybridized carbons (Fsp3) is 0.292. The van der Waals surface area contributed by atoms with E-state index in [0.717, 1.165) is 18.4 Å². The van der Waals surface area contributed by atoms with E-state index in [0.29, 0.717) is 47.7 Å². The second-order valence-electron chi connectivity index (χ2n) is 7.82. The normalized spacial score (nSPS) is 15.0. The molecule has 0 bridgehead atoms. The minimum Gasteiger partial charge on any atom is -0.488 e. The van der Waals surface area contributed by atoms with E-state index >= 15 is 0 Å². The van der Waals surface area contributed by atoms with Gasteiger partial charge in [-0.3, -0.25) is 4.79 Å². The zero-order valence-electron chi connectivity index (χ0n) is 18.3. The molecule has 1 atom stereocenters. The van der Waals surface area contributed by atoms with Crippen molar-refractivity contribution >= 4 is 28.9 Å². The lowest BCUT2D eigenvalue weighted by atomic mass is 10.1. The Morgan fingerprint density at radius 1 is 1.18 bits per heavy atom. The Morgan fingerprint density at radius 3 is 2.73 bits per heavy atom. The molecule has 1 fully saturated rings. The van der Waals surface area contributed by atoms with Crippen molar-refractivity contribution in [2.75, 3.05) is 29.6 Å². The molecule has 2 aromatic carbocycles. The van der Waals surface area contributed by atoms with E-state index in [1.54, 1.807) is 30.5 Å². The lowest BCUT2D eigenvalue weighted by Crippen LogP contribution is -2.26. The van der Waals surface area contributed by atoms with Crippen LogP contribution < -0.4 is 21.1 Å². The maximum atomic E-state index is 11.7. The second kappa shape index (κ2) is 10.3. The monoisotopic (exact) mass is 449 g/mol. The molecule has 4 rings (SSSR count). The first kappa shape index (κ1) is 22.5. The van der Waals surface area contributed by atoms with Gasteiger partial charge in [0.25, 0.3) is 5.91 Å². The van der Waals surface area contributed by atoms with Crippen molar-refractivity contribution in [1.29, 1.82) is 0 Å². The number of aliphatic hydroxyl groups excluding tert-OH is 1. The Morgan fingerprint density at radius 2 is 1.97 bits per heavy atom. The van der Waals surface area contributed by atoms with Gasteiger partial charge in [0.1, 0.15) is 18.0 Å². The SMILES string of the molecule is C[C@@H](O)C(=O)Nc1cccc(Nc2nccc(-c3ccc(OC4CCOCC4)c(N)c3)n2)c1. The summed E-state index contributed by atoms with van der Waals surface area (Å²) < 4.78 is 11.4. The topological polar surface area (TPSA) is 132 Å². The molecule has 0 aliphatic carbocycles. The second-order valence-corrected chi connectivity index (χ2v) is 7.82. The maximum Gasteiger partial charge on any atom is 0.252 e. The largest absolute Gasteiger partial charge is 0.488 e. The number of nitrogens with two attached hydrogens (primary N) is 1. The number of hydrogen-bond acceptors (Lipinski definition) is 8. The van der Waals surface area contributed by atoms with Crippen LogP contribution in [0, 0.1) is 0 Å². The van der Waals surface area contributed by atoms with Gasteiger partial charge < -0.3 is 30.9 Å². The third-order valence-electron chi connectivity index (χ3n) is 5.19. The molecule has 1 aliphatic heterocycles. The van der Waals surface area contributed by atoms with Crippen LogP contribution in [0.15, 0.2) is 54.7 Å². The fourth-order valence-electron chi connectivity index (χ4n) is 3.42. The van der Waals surface area contributed by atoms with Crippen LogP contribution >= 0.6 is 0 Å². The number of aliphatic hydroxyl groups is 1. The molecule has 0 unspecified atom stereocenters. The van der Waals surface area contributed by atoms with Crippen molar-refractivity contribution in [1.82, 2.24) is 9.97 Å². The van der Waals surface area contributed by atoms with Gasteiger partial charge in [0.05, 0.1) is 24.6 Å². The van der Waals surface area contributed by atoms with Crippen molar-refractivity contribution in [3.8, 4) is 17.0 Å². The zero-order valence-corrected chi connectivity index (χ0v) is 18.3. The molecule has 0 saturated carbocycles. The molecule has 172 valence electrons. The van der Waals surface area contributed by atoms with Crippen LogP contribution in [0.1, 0.15) is 19.8 Å². The van der Waals surface area contributed by atoms with E-state index in [1.807, 2.05) is 24.3 Å². The minimum atomic E-state index is -1.09. The van der Waals surface area contributed by atoms with Crippen molar-refractivity contribution in [3.63, 3.8) is 0 Å². The van der Waals surface area contributed by atoms with Crippen LogP contribution in [0.4, 0.5) is 23.0 Å². The number of amides is 1. The summed E-state index contributed by atoms with van der Waals surface area (Å²) in [7, 11) is 0. The molecule has 1 aliphatic rings. The quantitative estimate of drug-likeness (QED) is 0.404. The summed E-state index contributed by atoms with van der Waals surface area (Å²) in [5, 5.41) is 15.2. The Balaban J connectivity index is 1.47. The van der Waals surface area contributed by atoms with Crippen LogP contribution in [-0.4, -0.2) is 46.4 Å². The highest BCUT2D eigenvalue weighted by atomic mass is 16.5. The maximum absolute atomic E-state index is 11.7. The number of carbonyl (C=O) groups is 1. The highest BCUT2D eigenvalue weighted by Gasteiger charge is 2.17. The number of ether oxygens (including phenoxy) is 2. The molecule has 33 heavy (non-hydrogen) atoms. The summed E-state index contributed by atoms with van der Waals surface area (Å²) in [5.74, 6) is 0.578. The first-order chi connectivity index (χ1) is 16.0. The van der Waals surface area contributed by atoms with E-state index in [9.17, 15) is 9.90 Å². The molecular formula is C24H27N5O4. The highest BCUT2D eigenvalue weighted by molar-refractivity contribution is 5.94. The van der Waals surface area contributed by atoms with E-state index in [1.165, 1.54) is 6.92 Å². The number of benzene rings is 2. The third kappa shape index (κ3) is 5.97. The smallest absolute Gasteiger partial charge is 0.252 e. The lowest BCUT2D eigenvalue weighted by molar-refractivity contribution is -0.123. The number of hydrogen-bond donors (Lipinski definition) is 4. The lowest BCUT2D eigenvalue weighted by Gasteiger charge is -2.24. The van der Waals surface area contributed by atoms with Gasteiger partial charge in [-0.15, -0.1) is 0 Å². The molecule has 9 heteroatoms. The standard InChI is InChI=1S/C24H27N5O4/c1-15(30)23(31)27-17-3-2-4-18(14-17)28-24-26-10-7-21(29-24)16-5-6-22(20(25)13-16)33-19-8-11-32-12-9-19/h2-7,10,13-15,19,30H,8-9,11-12,25H2,1H3,(H,27,31)(H,26,28,29)/t15-/m1/s1. The van der Waals surface area contributed by atoms with Gasteiger partial charge in [0.2, 0.25) is 5.95 Å². The zero-order chi connectivity index (χ0) is 23.2. The van der Waals surface area contributed by atoms with Crippen molar-refractivity contribution in [2.24, 2.45) is 0 Å². The molecule has 5 N–H and O–H groups in total. The number of rotatable bonds is 7. The van der Waals surface area contributed by atoms with Crippen LogP contribution in [0.3, 0.4) is 0 Å². The van der Waals surface area contributed by atoms with Crippen LogP contribution in [0.25, 0.3) is 11.3 Å². The number of nitrogens with one attached hydrogen (secondary N) is 2. The third-order valence-corrected chi connectivity index (χ3v) is 5.19. The average molecular weight is 450 g/mol. The van der Waals surface area contributed by atoms with E-state index in [2.05, 4.69) is 20.6 Å². The van der Waals surface area contributed by atoms with E-state index < -0.39 is 12.0 Å². The summed E-state index contributed by atoms with van der Waals surface area (Å²) in [6.45, 7) is 2.82. The fourth-order valence-corrected chi connectivity index (χ4v) is 3.42. The molecule has 9 nitrogen and oxygen atoms in total. The van der Waals surface area contributed by atoms with Crippen LogP contribution in [-0.2, 0) is 9.53 Å².